The quantitative estimate of drug-likeness (QED) is 0.854. The van der Waals surface area contributed by atoms with E-state index in [9.17, 15) is 5.11 Å². The van der Waals surface area contributed by atoms with E-state index in [4.69, 9.17) is 15.2 Å². The van der Waals surface area contributed by atoms with Crippen molar-refractivity contribution >= 4 is 35.1 Å². The lowest BCUT2D eigenvalue weighted by atomic mass is 9.92. The van der Waals surface area contributed by atoms with E-state index in [0.717, 1.165) is 36.8 Å². The first-order valence-corrected chi connectivity index (χ1v) is 8.15. The largest absolute Gasteiger partial charge is 0.493 e. The number of rotatable bonds is 4. The molecule has 3 N–H and O–H groups in total. The summed E-state index contributed by atoms with van der Waals surface area (Å²) in [6, 6.07) is 3.62. The van der Waals surface area contributed by atoms with Gasteiger partial charge in [-0.25, -0.2) is 4.98 Å². The Hall–Kier alpha value is -1.99. The number of hydrogen-bond acceptors (Lipinski definition) is 7. The summed E-state index contributed by atoms with van der Waals surface area (Å²) in [5, 5.41) is 10.5. The van der Waals surface area contributed by atoms with Crippen LogP contribution in [0, 0.1) is 5.92 Å². The normalized spacial score (nSPS) is 16.4. The second-order valence-corrected chi connectivity index (χ2v) is 6.20. The highest BCUT2D eigenvalue weighted by molar-refractivity contribution is 5.91. The molecule has 1 aromatic carbocycles. The highest BCUT2D eigenvalue weighted by Gasteiger charge is 2.24. The summed E-state index contributed by atoms with van der Waals surface area (Å²) in [5.41, 5.74) is 6.87. The molecule has 138 valence electrons. The average molecular weight is 369 g/mol. The first-order valence-electron chi connectivity index (χ1n) is 8.15. The molecule has 1 atom stereocenters. The number of nitrogens with two attached hydrogens (primary N) is 1. The fourth-order valence-electron chi connectivity index (χ4n) is 3.19. The molecule has 7 nitrogen and oxygen atoms in total. The number of halogens is 1. The molecule has 0 aliphatic carbocycles. The standard InChI is InChI=1S/C17H24N4O3.ClH/c1-10(22)11-4-6-21(7-5-11)17-19-13-9-15(24-3)14(23-2)8-12(13)16(18)20-17;/h8-11,22H,4-7H2,1-3H3,(H2,18,19,20);1H. The fraction of sp³-hybridized carbons (Fsp3) is 0.529. The maximum absolute atomic E-state index is 9.73. The molecule has 3 rings (SSSR count). The third kappa shape index (κ3) is 3.82. The van der Waals surface area contributed by atoms with Gasteiger partial charge in [-0.05, 0) is 31.7 Å². The number of aliphatic hydroxyl groups excluding tert-OH is 1. The van der Waals surface area contributed by atoms with E-state index in [2.05, 4.69) is 14.9 Å². The average Bonchev–Trinajstić information content (AvgIpc) is 2.60. The summed E-state index contributed by atoms with van der Waals surface area (Å²) >= 11 is 0. The Morgan fingerprint density at radius 3 is 2.32 bits per heavy atom. The summed E-state index contributed by atoms with van der Waals surface area (Å²) in [6.07, 6.45) is 1.57. The zero-order valence-electron chi connectivity index (χ0n) is 14.7. The maximum atomic E-state index is 9.73. The highest BCUT2D eigenvalue weighted by atomic mass is 35.5. The minimum atomic E-state index is -0.272. The Labute approximate surface area is 153 Å². The molecular weight excluding hydrogens is 344 g/mol. The molecule has 8 heteroatoms. The van der Waals surface area contributed by atoms with E-state index in [0.29, 0.717) is 29.2 Å². The van der Waals surface area contributed by atoms with Crippen LogP contribution < -0.4 is 20.1 Å². The van der Waals surface area contributed by atoms with Gasteiger partial charge in [-0.15, -0.1) is 12.4 Å². The molecule has 1 unspecified atom stereocenters. The summed E-state index contributed by atoms with van der Waals surface area (Å²) < 4.78 is 10.7. The van der Waals surface area contributed by atoms with Gasteiger partial charge in [0.15, 0.2) is 11.5 Å². The van der Waals surface area contributed by atoms with Crippen LogP contribution in [-0.2, 0) is 0 Å². The maximum Gasteiger partial charge on any atom is 0.227 e. The Morgan fingerprint density at radius 2 is 1.76 bits per heavy atom. The van der Waals surface area contributed by atoms with E-state index in [1.165, 1.54) is 0 Å². The third-order valence-corrected chi connectivity index (χ3v) is 4.72. The molecule has 0 bridgehead atoms. The summed E-state index contributed by atoms with van der Waals surface area (Å²) in [6.45, 7) is 3.48. The third-order valence-electron chi connectivity index (χ3n) is 4.72. The van der Waals surface area contributed by atoms with Gasteiger partial charge in [-0.3, -0.25) is 0 Å². The van der Waals surface area contributed by atoms with Gasteiger partial charge in [0, 0.05) is 24.5 Å². The number of hydrogen-bond donors (Lipinski definition) is 2. The Kier molecular flexibility index (Phi) is 6.13. The zero-order valence-corrected chi connectivity index (χ0v) is 15.5. The number of benzene rings is 1. The minimum absolute atomic E-state index is 0. The van der Waals surface area contributed by atoms with E-state index in [1.54, 1.807) is 20.3 Å². The van der Waals surface area contributed by atoms with Gasteiger partial charge in [0.2, 0.25) is 5.95 Å². The van der Waals surface area contributed by atoms with Crippen LogP contribution in [0.2, 0.25) is 0 Å². The molecule has 0 spiro atoms. The van der Waals surface area contributed by atoms with E-state index in [-0.39, 0.29) is 18.5 Å². The molecule has 1 aliphatic heterocycles. The van der Waals surface area contributed by atoms with Gasteiger partial charge in [-0.1, -0.05) is 0 Å². The summed E-state index contributed by atoms with van der Waals surface area (Å²) in [4.78, 5) is 11.2. The minimum Gasteiger partial charge on any atom is -0.493 e. The highest BCUT2D eigenvalue weighted by Crippen LogP contribution is 2.34. The van der Waals surface area contributed by atoms with E-state index >= 15 is 0 Å². The molecular formula is C17H25ClN4O3. The van der Waals surface area contributed by atoms with Crippen LogP contribution in [0.25, 0.3) is 10.9 Å². The molecule has 2 aromatic rings. The van der Waals surface area contributed by atoms with Gasteiger partial charge in [0.25, 0.3) is 0 Å². The van der Waals surface area contributed by atoms with Crippen molar-refractivity contribution in [1.29, 1.82) is 0 Å². The summed E-state index contributed by atoms with van der Waals surface area (Å²) in [7, 11) is 3.18. The van der Waals surface area contributed by atoms with E-state index in [1.807, 2.05) is 13.0 Å². The van der Waals surface area contributed by atoms with Crippen LogP contribution in [-0.4, -0.2) is 48.5 Å². The van der Waals surface area contributed by atoms with Gasteiger partial charge in [0.1, 0.15) is 5.82 Å². The first kappa shape index (κ1) is 19.3. The number of aromatic nitrogens is 2. The van der Waals surface area contributed by atoms with Crippen LogP contribution in [0.3, 0.4) is 0 Å². The molecule has 0 radical (unpaired) electrons. The number of anilines is 2. The first-order chi connectivity index (χ1) is 11.5. The van der Waals surface area contributed by atoms with Gasteiger partial charge in [-0.2, -0.15) is 4.98 Å². The number of ether oxygens (including phenoxy) is 2. The lowest BCUT2D eigenvalue weighted by Crippen LogP contribution is -2.38. The number of methoxy groups -OCH3 is 2. The monoisotopic (exact) mass is 368 g/mol. The molecule has 1 aromatic heterocycles. The van der Waals surface area contributed by atoms with Crippen molar-refractivity contribution in [3.05, 3.63) is 12.1 Å². The molecule has 2 heterocycles. The lowest BCUT2D eigenvalue weighted by molar-refractivity contribution is 0.109. The second-order valence-electron chi connectivity index (χ2n) is 6.20. The molecule has 1 aliphatic rings. The molecule has 1 saturated heterocycles. The van der Waals surface area contributed by atoms with Gasteiger partial charge in [0.05, 0.1) is 25.8 Å². The lowest BCUT2D eigenvalue weighted by Gasteiger charge is -2.33. The van der Waals surface area contributed by atoms with Gasteiger partial charge < -0.3 is 25.2 Å². The number of nitrogen functional groups attached to an aromatic ring is 1. The topological polar surface area (TPSA) is 93.7 Å². The summed E-state index contributed by atoms with van der Waals surface area (Å²) in [5.74, 6) is 2.60. The number of fused-ring (bicyclic) bond motifs is 1. The predicted octanol–water partition coefficient (Wildman–Crippen LogP) is 2.25. The second kappa shape index (κ2) is 7.93. The van der Waals surface area contributed by atoms with Crippen LogP contribution >= 0.6 is 12.4 Å². The van der Waals surface area contributed by atoms with Crippen LogP contribution in [0.5, 0.6) is 11.5 Å². The van der Waals surface area contributed by atoms with Crippen molar-refractivity contribution in [3.63, 3.8) is 0 Å². The smallest absolute Gasteiger partial charge is 0.227 e. The fourth-order valence-corrected chi connectivity index (χ4v) is 3.19. The van der Waals surface area contributed by atoms with Crippen molar-refractivity contribution in [2.45, 2.75) is 25.9 Å². The van der Waals surface area contributed by atoms with E-state index < -0.39 is 0 Å². The zero-order chi connectivity index (χ0) is 17.3. The van der Waals surface area contributed by atoms with Crippen molar-refractivity contribution < 1.29 is 14.6 Å². The van der Waals surface area contributed by atoms with Crippen molar-refractivity contribution in [2.75, 3.05) is 37.9 Å². The number of nitrogens with zero attached hydrogens (tertiary/aromatic N) is 3. The Morgan fingerprint density at radius 1 is 1.16 bits per heavy atom. The Balaban J connectivity index is 0.00000225. The SMILES string of the molecule is COc1cc2nc(N3CCC(C(C)O)CC3)nc(N)c2cc1OC.Cl. The predicted molar refractivity (Wildman–Crippen MR) is 101 cm³/mol. The molecule has 0 amide bonds. The van der Waals surface area contributed by atoms with Crippen LogP contribution in [0.1, 0.15) is 19.8 Å². The molecule has 1 fully saturated rings. The number of aliphatic hydroxyl groups is 1. The molecule has 25 heavy (non-hydrogen) atoms. The van der Waals surface area contributed by atoms with Crippen LogP contribution in [0.4, 0.5) is 11.8 Å². The Bertz CT molecular complexity index is 733. The number of piperidine rings is 1. The van der Waals surface area contributed by atoms with Crippen molar-refractivity contribution in [1.82, 2.24) is 9.97 Å². The van der Waals surface area contributed by atoms with Crippen molar-refractivity contribution in [3.8, 4) is 11.5 Å². The molecule has 0 saturated carbocycles. The van der Waals surface area contributed by atoms with Crippen molar-refractivity contribution in [2.24, 2.45) is 5.92 Å². The van der Waals surface area contributed by atoms with Crippen LogP contribution in [0.15, 0.2) is 12.1 Å². The van der Waals surface area contributed by atoms with Gasteiger partial charge >= 0.3 is 0 Å².